The minimum absolute atomic E-state index is 0.0325. The minimum atomic E-state index is -4.45. The smallest absolute Gasteiger partial charge is 0.377 e. The summed E-state index contributed by atoms with van der Waals surface area (Å²) in [6, 6.07) is 4.45. The molecule has 4 nitrogen and oxygen atoms in total. The normalized spacial score (nSPS) is 26.9. The van der Waals surface area contributed by atoms with Gasteiger partial charge in [-0.15, -0.1) is 0 Å². The molecule has 0 amide bonds. The van der Waals surface area contributed by atoms with Crippen LogP contribution in [0.3, 0.4) is 0 Å². The average Bonchev–Trinajstić information content (AvgIpc) is 2.88. The van der Waals surface area contributed by atoms with Crippen molar-refractivity contribution in [2.75, 3.05) is 32.8 Å². The summed E-state index contributed by atoms with van der Waals surface area (Å²) in [5.74, 6) is 0. The second-order valence-corrected chi connectivity index (χ2v) is 8.43. The van der Waals surface area contributed by atoms with Crippen molar-refractivity contribution >= 4 is 11.6 Å². The molecule has 0 radical (unpaired) electrons. The second-order valence-electron chi connectivity index (χ2n) is 8.02. The molecule has 0 aromatic heterocycles. The molecule has 2 heterocycles. The maximum Gasteiger partial charge on any atom is 0.417 e. The van der Waals surface area contributed by atoms with E-state index in [1.165, 1.54) is 6.07 Å². The quantitative estimate of drug-likeness (QED) is 0.777. The van der Waals surface area contributed by atoms with Crippen LogP contribution in [0.25, 0.3) is 0 Å². The number of rotatable bonds is 5. The Morgan fingerprint density at radius 3 is 2.86 bits per heavy atom. The zero-order valence-corrected chi connectivity index (χ0v) is 17.1. The van der Waals surface area contributed by atoms with Gasteiger partial charge in [0, 0.05) is 32.2 Å². The van der Waals surface area contributed by atoms with Crippen LogP contribution in [0, 0.1) is 0 Å². The number of nitrogens with zero attached hydrogens (tertiary/aromatic N) is 1. The summed E-state index contributed by atoms with van der Waals surface area (Å²) < 4.78 is 51.1. The predicted molar refractivity (Wildman–Crippen MR) is 103 cm³/mol. The maximum atomic E-state index is 13.0. The van der Waals surface area contributed by atoms with Crippen molar-refractivity contribution < 1.29 is 22.6 Å². The Morgan fingerprint density at radius 1 is 1.36 bits per heavy atom. The molecule has 8 heteroatoms. The predicted octanol–water partition coefficient (Wildman–Crippen LogP) is 4.11. The number of hydrogen-bond donors (Lipinski definition) is 1. The number of benzene rings is 1. The topological polar surface area (TPSA) is 33.7 Å². The highest BCUT2D eigenvalue weighted by atomic mass is 35.5. The van der Waals surface area contributed by atoms with Crippen molar-refractivity contribution in [1.82, 2.24) is 10.2 Å². The van der Waals surface area contributed by atoms with Crippen molar-refractivity contribution in [3.63, 3.8) is 0 Å². The summed E-state index contributed by atoms with van der Waals surface area (Å²) in [6.45, 7) is 8.35. The number of hydrogen-bond acceptors (Lipinski definition) is 4. The molecular weight excluding hydrogens is 393 g/mol. The Morgan fingerprint density at radius 2 is 2.14 bits per heavy atom. The van der Waals surface area contributed by atoms with Crippen LogP contribution in [0.1, 0.15) is 37.8 Å². The summed E-state index contributed by atoms with van der Waals surface area (Å²) in [4.78, 5) is 2.38. The van der Waals surface area contributed by atoms with Crippen LogP contribution < -0.4 is 5.32 Å². The van der Waals surface area contributed by atoms with E-state index >= 15 is 0 Å². The zero-order chi connectivity index (χ0) is 20.4. The van der Waals surface area contributed by atoms with Gasteiger partial charge in [0.1, 0.15) is 5.60 Å². The molecule has 0 aliphatic carbocycles. The molecule has 0 unspecified atom stereocenters. The van der Waals surface area contributed by atoms with Gasteiger partial charge in [0.05, 0.1) is 29.9 Å². The summed E-state index contributed by atoms with van der Waals surface area (Å²) in [5, 5.41) is 2.95. The molecule has 28 heavy (non-hydrogen) atoms. The van der Waals surface area contributed by atoms with Gasteiger partial charge in [0.2, 0.25) is 0 Å². The molecule has 158 valence electrons. The molecular formula is C20H28ClF3N2O2. The van der Waals surface area contributed by atoms with Crippen LogP contribution in [0.2, 0.25) is 5.02 Å². The molecule has 1 aromatic carbocycles. The van der Waals surface area contributed by atoms with Crippen molar-refractivity contribution in [3.8, 4) is 0 Å². The molecule has 2 aliphatic rings. The first-order valence-corrected chi connectivity index (χ1v) is 10.1. The first-order chi connectivity index (χ1) is 13.2. The Kier molecular flexibility index (Phi) is 6.92. The Balaban J connectivity index is 1.53. The molecule has 2 saturated heterocycles. The van der Waals surface area contributed by atoms with E-state index in [1.807, 2.05) is 0 Å². The van der Waals surface area contributed by atoms with E-state index in [0.29, 0.717) is 37.9 Å². The maximum absolute atomic E-state index is 13.0. The van der Waals surface area contributed by atoms with Crippen LogP contribution in [0.15, 0.2) is 18.2 Å². The van der Waals surface area contributed by atoms with Gasteiger partial charge in [0.15, 0.2) is 0 Å². The largest absolute Gasteiger partial charge is 0.417 e. The SMILES string of the molecule is CC(C)N1CCOC[C@@]2(CC[C@H](CNCc3ccc(Cl)c(C(F)(F)F)c3)O2)C1. The van der Waals surface area contributed by atoms with E-state index in [0.717, 1.165) is 32.0 Å². The molecule has 1 aromatic rings. The first kappa shape index (κ1) is 21.8. The lowest BCUT2D eigenvalue weighted by Crippen LogP contribution is -2.47. The molecule has 2 atom stereocenters. The van der Waals surface area contributed by atoms with Gasteiger partial charge < -0.3 is 14.8 Å². The van der Waals surface area contributed by atoms with Crippen molar-refractivity contribution in [1.29, 1.82) is 0 Å². The molecule has 2 aliphatic heterocycles. The monoisotopic (exact) mass is 420 g/mol. The van der Waals surface area contributed by atoms with E-state index in [9.17, 15) is 13.2 Å². The van der Waals surface area contributed by atoms with Crippen LogP contribution in [-0.4, -0.2) is 55.5 Å². The third kappa shape index (κ3) is 5.39. The Bertz CT molecular complexity index is 671. The molecule has 1 N–H and O–H groups in total. The molecule has 2 fully saturated rings. The van der Waals surface area contributed by atoms with Crippen molar-refractivity contribution in [2.45, 2.75) is 57.2 Å². The summed E-state index contributed by atoms with van der Waals surface area (Å²) >= 11 is 5.67. The number of ether oxygens (including phenoxy) is 2. The standard InChI is InChI=1S/C20H28ClF3N2O2/c1-14(2)26-7-8-27-13-19(12-26)6-5-16(28-19)11-25-10-15-3-4-18(21)17(9-15)20(22,23)24/h3-4,9,14,16,25H,5-8,10-13H2,1-2H3/t16-,19-/m1/s1. The van der Waals surface area contributed by atoms with Gasteiger partial charge in [0.25, 0.3) is 0 Å². The van der Waals surface area contributed by atoms with Crippen LogP contribution in [-0.2, 0) is 22.2 Å². The molecule has 3 rings (SSSR count). The van der Waals surface area contributed by atoms with Gasteiger partial charge in [-0.2, -0.15) is 13.2 Å². The molecule has 0 bridgehead atoms. The highest BCUT2D eigenvalue weighted by Crippen LogP contribution is 2.35. The number of alkyl halides is 3. The van der Waals surface area contributed by atoms with E-state index in [2.05, 4.69) is 24.1 Å². The third-order valence-corrected chi connectivity index (χ3v) is 5.81. The van der Waals surface area contributed by atoms with Crippen molar-refractivity contribution in [3.05, 3.63) is 34.3 Å². The van der Waals surface area contributed by atoms with Crippen LogP contribution in [0.5, 0.6) is 0 Å². The number of nitrogens with one attached hydrogen (secondary N) is 1. The van der Waals surface area contributed by atoms with Gasteiger partial charge in [-0.1, -0.05) is 17.7 Å². The van der Waals surface area contributed by atoms with E-state index in [-0.39, 0.29) is 16.7 Å². The van der Waals surface area contributed by atoms with Gasteiger partial charge in [-0.25, -0.2) is 0 Å². The zero-order valence-electron chi connectivity index (χ0n) is 16.3. The Hall–Kier alpha value is -0.860. The van der Waals surface area contributed by atoms with E-state index in [1.54, 1.807) is 6.07 Å². The molecule has 1 spiro atoms. The lowest BCUT2D eigenvalue weighted by atomic mass is 9.99. The molecule has 0 saturated carbocycles. The van der Waals surface area contributed by atoms with Gasteiger partial charge in [-0.05, 0) is 44.4 Å². The number of halogens is 4. The summed E-state index contributed by atoms with van der Waals surface area (Å²) in [7, 11) is 0. The minimum Gasteiger partial charge on any atom is -0.377 e. The van der Waals surface area contributed by atoms with Gasteiger partial charge >= 0.3 is 6.18 Å². The average molecular weight is 421 g/mol. The fraction of sp³-hybridized carbons (Fsp3) is 0.700. The fourth-order valence-electron chi connectivity index (χ4n) is 3.91. The third-order valence-electron chi connectivity index (χ3n) is 5.49. The lowest BCUT2D eigenvalue weighted by Gasteiger charge is -2.34. The second kappa shape index (κ2) is 8.88. The van der Waals surface area contributed by atoms with Crippen LogP contribution >= 0.6 is 11.6 Å². The summed E-state index contributed by atoms with van der Waals surface area (Å²) in [6.07, 6.45) is -2.57. The highest BCUT2D eigenvalue weighted by Gasteiger charge is 2.43. The van der Waals surface area contributed by atoms with Crippen molar-refractivity contribution in [2.24, 2.45) is 0 Å². The van der Waals surface area contributed by atoms with E-state index < -0.39 is 11.7 Å². The van der Waals surface area contributed by atoms with Crippen LogP contribution in [0.4, 0.5) is 13.2 Å². The first-order valence-electron chi connectivity index (χ1n) is 9.74. The fourth-order valence-corrected chi connectivity index (χ4v) is 4.14. The summed E-state index contributed by atoms with van der Waals surface area (Å²) in [5.41, 5.74) is -0.529. The Labute approximate surface area is 169 Å². The van der Waals surface area contributed by atoms with Gasteiger partial charge in [-0.3, -0.25) is 4.90 Å². The highest BCUT2D eigenvalue weighted by molar-refractivity contribution is 6.31. The van der Waals surface area contributed by atoms with E-state index in [4.69, 9.17) is 21.1 Å². The lowest BCUT2D eigenvalue weighted by molar-refractivity contribution is -0.137.